The van der Waals surface area contributed by atoms with Gasteiger partial charge in [-0.3, -0.25) is 14.4 Å². The normalized spacial score (nSPS) is 14.3. The molecule has 4 unspecified atom stereocenters. The highest BCUT2D eigenvalue weighted by Gasteiger charge is 2.31. The molecule has 0 saturated carbocycles. The first-order valence-electron chi connectivity index (χ1n) is 12.0. The van der Waals surface area contributed by atoms with Gasteiger partial charge in [-0.05, 0) is 29.9 Å². The van der Waals surface area contributed by atoms with Gasteiger partial charge in [-0.25, -0.2) is 9.78 Å². The van der Waals surface area contributed by atoms with Crippen LogP contribution in [0.4, 0.5) is 0 Å². The molecule has 37 heavy (non-hydrogen) atoms. The number of hydrogen-bond acceptors (Lipinski definition) is 7. The lowest BCUT2D eigenvalue weighted by Crippen LogP contribution is -2.58. The number of nitrogens with two attached hydrogens (primary N) is 1. The molecule has 0 bridgehead atoms. The van der Waals surface area contributed by atoms with Crippen molar-refractivity contribution in [2.75, 3.05) is 12.0 Å². The van der Waals surface area contributed by atoms with E-state index in [0.717, 1.165) is 5.56 Å². The minimum absolute atomic E-state index is 0.0940. The number of aromatic nitrogens is 2. The maximum Gasteiger partial charge on any atom is 0.326 e. The minimum atomic E-state index is -1.18. The third-order valence-corrected chi connectivity index (χ3v) is 6.42. The maximum absolute atomic E-state index is 13.3. The molecule has 3 amide bonds. The molecule has 1 heterocycles. The average Bonchev–Trinajstić information content (AvgIpc) is 3.38. The van der Waals surface area contributed by atoms with Crippen LogP contribution >= 0.6 is 11.8 Å². The molecule has 2 aromatic rings. The van der Waals surface area contributed by atoms with Gasteiger partial charge < -0.3 is 31.8 Å². The van der Waals surface area contributed by atoms with Crippen LogP contribution in [0.2, 0.25) is 0 Å². The van der Waals surface area contributed by atoms with Gasteiger partial charge in [0, 0.05) is 24.7 Å². The highest BCUT2D eigenvalue weighted by atomic mass is 32.2. The van der Waals surface area contributed by atoms with Crippen LogP contribution in [-0.4, -0.2) is 74.9 Å². The van der Waals surface area contributed by atoms with Crippen LogP contribution < -0.4 is 21.7 Å². The Morgan fingerprint density at radius 3 is 2.16 bits per heavy atom. The number of nitrogens with zero attached hydrogens (tertiary/aromatic N) is 1. The van der Waals surface area contributed by atoms with Crippen LogP contribution in [0.15, 0.2) is 42.9 Å². The SMILES string of the molecule is CSCCC(NC(=O)C(Cc1cnc[nH]1)NC(=O)C(N)C(C)C)C(=O)NC(Cc1ccccc1)C(=O)O. The third kappa shape index (κ3) is 9.89. The second kappa shape index (κ2) is 15.0. The summed E-state index contributed by atoms with van der Waals surface area (Å²) in [6, 6.07) is 4.93. The number of aliphatic carboxylic acids is 1. The molecular weight excluding hydrogens is 496 g/mol. The fraction of sp³-hybridized carbons (Fsp3) is 0.480. The van der Waals surface area contributed by atoms with Gasteiger partial charge in [0.15, 0.2) is 0 Å². The number of hydrogen-bond donors (Lipinski definition) is 6. The van der Waals surface area contributed by atoms with E-state index in [1.165, 1.54) is 24.3 Å². The number of aromatic amines is 1. The van der Waals surface area contributed by atoms with E-state index in [2.05, 4.69) is 25.9 Å². The molecule has 202 valence electrons. The lowest BCUT2D eigenvalue weighted by atomic mass is 10.0. The van der Waals surface area contributed by atoms with E-state index in [1.54, 1.807) is 38.1 Å². The highest BCUT2D eigenvalue weighted by Crippen LogP contribution is 2.08. The van der Waals surface area contributed by atoms with Crippen molar-refractivity contribution in [3.05, 3.63) is 54.1 Å². The van der Waals surface area contributed by atoms with Crippen LogP contribution in [0, 0.1) is 5.92 Å². The first-order valence-corrected chi connectivity index (χ1v) is 13.4. The molecular formula is C25H36N6O5S. The maximum atomic E-state index is 13.3. The highest BCUT2D eigenvalue weighted by molar-refractivity contribution is 7.98. The van der Waals surface area contributed by atoms with Gasteiger partial charge in [0.1, 0.15) is 18.1 Å². The molecule has 1 aromatic carbocycles. The Bertz CT molecular complexity index is 1020. The largest absolute Gasteiger partial charge is 0.480 e. The Balaban J connectivity index is 2.17. The van der Waals surface area contributed by atoms with Gasteiger partial charge >= 0.3 is 5.97 Å². The number of carbonyl (C=O) groups is 4. The molecule has 11 nitrogen and oxygen atoms in total. The Kier molecular flexibility index (Phi) is 12.1. The van der Waals surface area contributed by atoms with Crippen molar-refractivity contribution >= 4 is 35.5 Å². The van der Waals surface area contributed by atoms with Crippen molar-refractivity contribution in [3.63, 3.8) is 0 Å². The molecule has 0 spiro atoms. The van der Waals surface area contributed by atoms with E-state index in [1.807, 2.05) is 12.3 Å². The number of H-pyrrole nitrogens is 1. The Labute approximate surface area is 220 Å². The molecule has 0 radical (unpaired) electrons. The monoisotopic (exact) mass is 532 g/mol. The van der Waals surface area contributed by atoms with Crippen molar-refractivity contribution in [1.82, 2.24) is 25.9 Å². The number of nitrogens with one attached hydrogen (secondary N) is 4. The summed E-state index contributed by atoms with van der Waals surface area (Å²) in [6.07, 6.45) is 5.32. The number of carbonyl (C=O) groups excluding carboxylic acids is 3. The average molecular weight is 533 g/mol. The number of amides is 3. The topological polar surface area (TPSA) is 179 Å². The van der Waals surface area contributed by atoms with Crippen molar-refractivity contribution in [3.8, 4) is 0 Å². The van der Waals surface area contributed by atoms with Crippen molar-refractivity contribution in [2.45, 2.75) is 57.3 Å². The molecule has 1 aromatic heterocycles. The molecule has 4 atom stereocenters. The summed E-state index contributed by atoms with van der Waals surface area (Å²) in [5.41, 5.74) is 7.32. The Morgan fingerprint density at radius 1 is 0.973 bits per heavy atom. The van der Waals surface area contributed by atoms with E-state index >= 15 is 0 Å². The van der Waals surface area contributed by atoms with E-state index in [4.69, 9.17) is 5.73 Å². The fourth-order valence-corrected chi connectivity index (χ4v) is 3.97. The van der Waals surface area contributed by atoms with E-state index < -0.39 is 47.9 Å². The summed E-state index contributed by atoms with van der Waals surface area (Å²) >= 11 is 1.49. The first kappa shape index (κ1) is 29.8. The summed E-state index contributed by atoms with van der Waals surface area (Å²) in [7, 11) is 0. The number of carboxylic acids is 1. The number of carboxylic acid groups (broad SMARTS) is 1. The minimum Gasteiger partial charge on any atom is -0.480 e. The number of rotatable bonds is 15. The van der Waals surface area contributed by atoms with E-state index in [-0.39, 0.29) is 25.2 Å². The zero-order valence-corrected chi connectivity index (χ0v) is 22.1. The van der Waals surface area contributed by atoms with Crippen molar-refractivity contribution in [2.24, 2.45) is 11.7 Å². The van der Waals surface area contributed by atoms with Crippen molar-refractivity contribution < 1.29 is 24.3 Å². The zero-order chi connectivity index (χ0) is 27.4. The molecule has 0 aliphatic rings. The van der Waals surface area contributed by atoms with E-state index in [9.17, 15) is 24.3 Å². The molecule has 0 aliphatic carbocycles. The van der Waals surface area contributed by atoms with Gasteiger partial charge in [-0.1, -0.05) is 44.2 Å². The Hall–Kier alpha value is -3.38. The van der Waals surface area contributed by atoms with Gasteiger partial charge in [0.2, 0.25) is 17.7 Å². The lowest BCUT2D eigenvalue weighted by Gasteiger charge is -2.25. The Morgan fingerprint density at radius 2 is 1.59 bits per heavy atom. The van der Waals surface area contributed by atoms with Gasteiger partial charge in [-0.15, -0.1) is 0 Å². The second-order valence-corrected chi connectivity index (χ2v) is 10.0. The summed E-state index contributed by atoms with van der Waals surface area (Å²) in [6.45, 7) is 3.59. The summed E-state index contributed by atoms with van der Waals surface area (Å²) in [5.74, 6) is -2.47. The number of imidazole rings is 1. The zero-order valence-electron chi connectivity index (χ0n) is 21.3. The standard InChI is InChI=1S/C25H36N6O5S/c1-15(2)21(26)24(34)30-19(12-17-13-27-14-28-17)23(33)29-18(9-10-37-3)22(32)31-20(25(35)36)11-16-7-5-4-6-8-16/h4-8,13-15,18-21H,9-12,26H2,1-3H3,(H,27,28)(H,29,33)(H,30,34)(H,31,32)(H,35,36). The van der Waals surface area contributed by atoms with Crippen LogP contribution in [0.3, 0.4) is 0 Å². The first-order chi connectivity index (χ1) is 17.6. The predicted octanol–water partition coefficient (Wildman–Crippen LogP) is 0.470. The number of thioether (sulfide) groups is 1. The third-order valence-electron chi connectivity index (χ3n) is 5.77. The summed E-state index contributed by atoms with van der Waals surface area (Å²) < 4.78 is 0. The molecule has 0 saturated heterocycles. The van der Waals surface area contributed by atoms with Crippen LogP contribution in [-0.2, 0) is 32.0 Å². The molecule has 12 heteroatoms. The molecule has 2 rings (SSSR count). The number of benzene rings is 1. The van der Waals surface area contributed by atoms with Crippen LogP contribution in [0.1, 0.15) is 31.5 Å². The van der Waals surface area contributed by atoms with Crippen LogP contribution in [0.25, 0.3) is 0 Å². The smallest absolute Gasteiger partial charge is 0.326 e. The molecule has 0 aliphatic heterocycles. The lowest BCUT2D eigenvalue weighted by molar-refractivity contribution is -0.142. The van der Waals surface area contributed by atoms with Gasteiger partial charge in [-0.2, -0.15) is 11.8 Å². The second-order valence-electron chi connectivity index (χ2n) is 9.04. The predicted molar refractivity (Wildman–Crippen MR) is 142 cm³/mol. The van der Waals surface area contributed by atoms with E-state index in [0.29, 0.717) is 11.4 Å². The fourth-order valence-electron chi connectivity index (χ4n) is 3.50. The summed E-state index contributed by atoms with van der Waals surface area (Å²) in [5, 5.41) is 17.6. The van der Waals surface area contributed by atoms with Gasteiger partial charge in [0.05, 0.1) is 12.4 Å². The molecule has 0 fully saturated rings. The molecule has 7 N–H and O–H groups in total. The van der Waals surface area contributed by atoms with Crippen LogP contribution in [0.5, 0.6) is 0 Å². The quantitative estimate of drug-likeness (QED) is 0.191. The summed E-state index contributed by atoms with van der Waals surface area (Å²) in [4.78, 5) is 57.7. The van der Waals surface area contributed by atoms with Crippen molar-refractivity contribution in [1.29, 1.82) is 0 Å². The van der Waals surface area contributed by atoms with Gasteiger partial charge in [0.25, 0.3) is 0 Å².